The molecule has 16 heavy (non-hydrogen) atoms. The van der Waals surface area contributed by atoms with Crippen molar-refractivity contribution in [3.8, 4) is 0 Å². The Hall–Kier alpha value is -0.940. The highest BCUT2D eigenvalue weighted by Gasteiger charge is 2.21. The molecular formula is C11H12BrFO3. The van der Waals surface area contributed by atoms with Crippen LogP contribution in [0.25, 0.3) is 0 Å². The first kappa shape index (κ1) is 13.1. The molecule has 1 aromatic carbocycles. The largest absolute Gasteiger partial charge is 0.481 e. The third-order valence-corrected chi connectivity index (χ3v) is 3.03. The number of hydrogen-bond acceptors (Lipinski definition) is 2. The van der Waals surface area contributed by atoms with Gasteiger partial charge in [-0.1, -0.05) is 22.9 Å². The molecule has 0 spiro atoms. The van der Waals surface area contributed by atoms with Gasteiger partial charge in [0.1, 0.15) is 5.82 Å². The van der Waals surface area contributed by atoms with Crippen LogP contribution in [-0.4, -0.2) is 16.2 Å². The van der Waals surface area contributed by atoms with Crippen molar-refractivity contribution >= 4 is 21.9 Å². The van der Waals surface area contributed by atoms with E-state index in [9.17, 15) is 14.3 Å². The molecular weight excluding hydrogens is 279 g/mol. The predicted octanol–water partition coefficient (Wildman–Crippen LogP) is 2.73. The number of aliphatic hydroxyl groups is 1. The van der Waals surface area contributed by atoms with E-state index >= 15 is 0 Å². The van der Waals surface area contributed by atoms with Gasteiger partial charge >= 0.3 is 5.97 Å². The molecule has 0 amide bonds. The van der Waals surface area contributed by atoms with Crippen LogP contribution in [0, 0.1) is 11.7 Å². The lowest BCUT2D eigenvalue weighted by atomic mass is 9.95. The maximum absolute atomic E-state index is 13.0. The summed E-state index contributed by atoms with van der Waals surface area (Å²) in [4.78, 5) is 10.5. The number of rotatable bonds is 4. The second-order valence-corrected chi connectivity index (χ2v) is 4.54. The lowest BCUT2D eigenvalue weighted by Gasteiger charge is -2.18. The fourth-order valence-corrected chi connectivity index (χ4v) is 1.92. The summed E-state index contributed by atoms with van der Waals surface area (Å²) in [5.41, 5.74) is 0.369. The smallest absolute Gasteiger partial charge is 0.303 e. The van der Waals surface area contributed by atoms with Crippen molar-refractivity contribution < 1.29 is 19.4 Å². The Morgan fingerprint density at radius 1 is 1.56 bits per heavy atom. The quantitative estimate of drug-likeness (QED) is 0.896. The first-order chi connectivity index (χ1) is 7.41. The minimum absolute atomic E-state index is 0.163. The van der Waals surface area contributed by atoms with E-state index in [1.165, 1.54) is 18.2 Å². The SMILES string of the molecule is CC(CC(=O)O)C(O)c1cc(F)ccc1Br. The lowest BCUT2D eigenvalue weighted by molar-refractivity contribution is -0.139. The van der Waals surface area contributed by atoms with Gasteiger partial charge in [0.2, 0.25) is 0 Å². The zero-order chi connectivity index (χ0) is 12.3. The summed E-state index contributed by atoms with van der Waals surface area (Å²) in [5, 5.41) is 18.5. The zero-order valence-electron chi connectivity index (χ0n) is 8.65. The van der Waals surface area contributed by atoms with Crippen molar-refractivity contribution in [1.82, 2.24) is 0 Å². The van der Waals surface area contributed by atoms with Gasteiger partial charge in [-0.25, -0.2) is 4.39 Å². The third kappa shape index (κ3) is 3.28. The molecule has 2 atom stereocenters. The van der Waals surface area contributed by atoms with Crippen LogP contribution in [-0.2, 0) is 4.79 Å². The highest BCUT2D eigenvalue weighted by molar-refractivity contribution is 9.10. The summed E-state index contributed by atoms with van der Waals surface area (Å²) < 4.78 is 13.6. The maximum atomic E-state index is 13.0. The summed E-state index contributed by atoms with van der Waals surface area (Å²) in [6.45, 7) is 1.61. The number of benzene rings is 1. The van der Waals surface area contributed by atoms with Gasteiger partial charge < -0.3 is 10.2 Å². The molecule has 0 aliphatic carbocycles. The van der Waals surface area contributed by atoms with E-state index in [0.29, 0.717) is 10.0 Å². The molecule has 5 heteroatoms. The molecule has 1 rings (SSSR count). The van der Waals surface area contributed by atoms with Gasteiger partial charge in [0.25, 0.3) is 0 Å². The third-order valence-electron chi connectivity index (χ3n) is 2.31. The molecule has 2 unspecified atom stereocenters. The summed E-state index contributed by atoms with van der Waals surface area (Å²) in [6, 6.07) is 3.96. The molecule has 0 bridgehead atoms. The van der Waals surface area contributed by atoms with E-state index in [0.717, 1.165) is 0 Å². The van der Waals surface area contributed by atoms with Gasteiger partial charge in [-0.3, -0.25) is 4.79 Å². The Morgan fingerprint density at radius 2 is 2.19 bits per heavy atom. The van der Waals surface area contributed by atoms with Crippen molar-refractivity contribution in [2.24, 2.45) is 5.92 Å². The van der Waals surface area contributed by atoms with Crippen LogP contribution in [0.15, 0.2) is 22.7 Å². The molecule has 0 fully saturated rings. The molecule has 0 radical (unpaired) electrons. The monoisotopic (exact) mass is 290 g/mol. The van der Waals surface area contributed by atoms with Gasteiger partial charge in [-0.05, 0) is 29.7 Å². The fourth-order valence-electron chi connectivity index (χ4n) is 1.43. The molecule has 2 N–H and O–H groups in total. The first-order valence-corrected chi connectivity index (χ1v) is 5.56. The van der Waals surface area contributed by atoms with E-state index in [1.54, 1.807) is 6.92 Å². The average molecular weight is 291 g/mol. The Balaban J connectivity index is 2.90. The number of aliphatic hydroxyl groups excluding tert-OH is 1. The summed E-state index contributed by atoms with van der Waals surface area (Å²) >= 11 is 3.19. The van der Waals surface area contributed by atoms with Crippen molar-refractivity contribution in [3.05, 3.63) is 34.1 Å². The molecule has 88 valence electrons. The number of aliphatic carboxylic acids is 1. The Labute approximate surface area is 101 Å². The minimum atomic E-state index is -0.999. The Bertz CT molecular complexity index is 395. The molecule has 0 heterocycles. The van der Waals surface area contributed by atoms with E-state index in [4.69, 9.17) is 5.11 Å². The standard InChI is InChI=1S/C11H12BrFO3/c1-6(4-10(14)15)11(16)8-5-7(13)2-3-9(8)12/h2-3,5-6,11,16H,4H2,1H3,(H,14,15). The maximum Gasteiger partial charge on any atom is 0.303 e. The molecule has 0 saturated carbocycles. The van der Waals surface area contributed by atoms with Crippen LogP contribution >= 0.6 is 15.9 Å². The van der Waals surface area contributed by atoms with Gasteiger partial charge in [0.15, 0.2) is 0 Å². The van der Waals surface area contributed by atoms with Crippen LogP contribution in [0.2, 0.25) is 0 Å². The fraction of sp³-hybridized carbons (Fsp3) is 0.364. The van der Waals surface area contributed by atoms with Gasteiger partial charge in [-0.15, -0.1) is 0 Å². The normalized spacial score (nSPS) is 14.5. The Kier molecular flexibility index (Phi) is 4.44. The van der Waals surface area contributed by atoms with E-state index in [2.05, 4.69) is 15.9 Å². The van der Waals surface area contributed by atoms with Crippen LogP contribution in [0.4, 0.5) is 4.39 Å². The molecule has 0 aliphatic heterocycles. The predicted molar refractivity (Wildman–Crippen MR) is 60.5 cm³/mol. The summed E-state index contributed by atoms with van der Waals surface area (Å²) in [6.07, 6.45) is -1.16. The second kappa shape index (κ2) is 5.41. The van der Waals surface area contributed by atoms with Gasteiger partial charge in [-0.2, -0.15) is 0 Å². The van der Waals surface area contributed by atoms with Crippen LogP contribution in [0.5, 0.6) is 0 Å². The lowest BCUT2D eigenvalue weighted by Crippen LogP contribution is -2.14. The molecule has 0 aromatic heterocycles. The number of carbonyl (C=O) groups is 1. The van der Waals surface area contributed by atoms with Crippen LogP contribution in [0.1, 0.15) is 25.0 Å². The number of hydrogen-bond donors (Lipinski definition) is 2. The molecule has 0 saturated heterocycles. The molecule has 0 aliphatic rings. The van der Waals surface area contributed by atoms with Crippen molar-refractivity contribution in [2.75, 3.05) is 0 Å². The van der Waals surface area contributed by atoms with Crippen molar-refractivity contribution in [2.45, 2.75) is 19.4 Å². The number of halogens is 2. The van der Waals surface area contributed by atoms with Crippen LogP contribution in [0.3, 0.4) is 0 Å². The summed E-state index contributed by atoms with van der Waals surface area (Å²) in [5.74, 6) is -1.92. The summed E-state index contributed by atoms with van der Waals surface area (Å²) in [7, 11) is 0. The van der Waals surface area contributed by atoms with E-state index in [1.807, 2.05) is 0 Å². The minimum Gasteiger partial charge on any atom is -0.481 e. The van der Waals surface area contributed by atoms with Gasteiger partial charge in [0, 0.05) is 4.47 Å². The van der Waals surface area contributed by atoms with E-state index < -0.39 is 23.8 Å². The van der Waals surface area contributed by atoms with Crippen molar-refractivity contribution in [1.29, 1.82) is 0 Å². The molecule has 1 aromatic rings. The number of carboxylic acids is 1. The van der Waals surface area contributed by atoms with E-state index in [-0.39, 0.29) is 6.42 Å². The highest BCUT2D eigenvalue weighted by atomic mass is 79.9. The average Bonchev–Trinajstić information content (AvgIpc) is 2.19. The van der Waals surface area contributed by atoms with Gasteiger partial charge in [0.05, 0.1) is 12.5 Å². The molecule has 3 nitrogen and oxygen atoms in total. The number of carboxylic acid groups (broad SMARTS) is 1. The highest BCUT2D eigenvalue weighted by Crippen LogP contribution is 2.30. The van der Waals surface area contributed by atoms with Crippen LogP contribution < -0.4 is 0 Å². The zero-order valence-corrected chi connectivity index (χ0v) is 10.2. The Morgan fingerprint density at radius 3 is 2.75 bits per heavy atom. The topological polar surface area (TPSA) is 57.5 Å². The second-order valence-electron chi connectivity index (χ2n) is 3.69. The first-order valence-electron chi connectivity index (χ1n) is 4.76. The van der Waals surface area contributed by atoms with Crippen molar-refractivity contribution in [3.63, 3.8) is 0 Å².